The van der Waals surface area contributed by atoms with E-state index in [-0.39, 0.29) is 0 Å². The van der Waals surface area contributed by atoms with Gasteiger partial charge in [-0.15, -0.1) is 0 Å². The molecule has 0 aromatic heterocycles. The van der Waals surface area contributed by atoms with Crippen molar-refractivity contribution in [3.05, 3.63) is 29.8 Å². The van der Waals surface area contributed by atoms with Gasteiger partial charge in [0, 0.05) is 11.4 Å². The molecule has 0 spiro atoms. The number of nitrogens with one attached hydrogen (secondary N) is 1. The second kappa shape index (κ2) is 4.26. The van der Waals surface area contributed by atoms with Gasteiger partial charge in [-0.1, -0.05) is 12.1 Å². The molecule has 0 saturated heterocycles. The van der Waals surface area contributed by atoms with E-state index in [2.05, 4.69) is 23.8 Å². The monoisotopic (exact) mass is 168 g/mol. The van der Waals surface area contributed by atoms with Crippen LogP contribution in [0.1, 0.15) is 5.56 Å². The van der Waals surface area contributed by atoms with Crippen molar-refractivity contribution >= 4 is 17.4 Å². The highest BCUT2D eigenvalue weighted by Gasteiger charge is 1.91. The largest absolute Gasteiger partial charge is 0.324 e. The van der Waals surface area contributed by atoms with Crippen LogP contribution in [0.25, 0.3) is 0 Å². The minimum Gasteiger partial charge on any atom is -0.324 e. The molecule has 0 aliphatic heterocycles. The van der Waals surface area contributed by atoms with Crippen LogP contribution in [-0.2, 0) is 5.75 Å². The fourth-order valence-corrected chi connectivity index (χ4v) is 1.43. The molecule has 0 radical (unpaired) electrons. The Labute approximate surface area is 71.1 Å². The third kappa shape index (κ3) is 2.44. The minimum absolute atomic E-state index is 0.969. The Morgan fingerprint density at radius 3 is 3.00 bits per heavy atom. The molecule has 0 atom stereocenters. The summed E-state index contributed by atoms with van der Waals surface area (Å²) in [5, 5.41) is 0. The molecule has 1 aromatic carbocycles. The van der Waals surface area contributed by atoms with Gasteiger partial charge in [-0.3, -0.25) is 5.84 Å². The van der Waals surface area contributed by atoms with Crippen molar-refractivity contribution in [1.82, 2.24) is 0 Å². The molecule has 1 aromatic rings. The Balaban J connectivity index is 2.74. The number of hydrazine groups is 1. The van der Waals surface area contributed by atoms with Crippen molar-refractivity contribution in [1.29, 1.82) is 0 Å². The second-order valence-corrected chi connectivity index (χ2v) is 3.14. The molecule has 11 heavy (non-hydrogen) atoms. The summed E-state index contributed by atoms with van der Waals surface area (Å²) in [6.45, 7) is 0. The second-order valence-electron chi connectivity index (χ2n) is 2.28. The van der Waals surface area contributed by atoms with Gasteiger partial charge >= 0.3 is 0 Å². The first-order valence-corrected chi connectivity index (χ1v) is 4.80. The highest BCUT2D eigenvalue weighted by atomic mass is 32.2. The molecular formula is C8H12N2S. The van der Waals surface area contributed by atoms with E-state index in [0.29, 0.717) is 0 Å². The number of nitrogens with two attached hydrogens (primary N) is 1. The maximum Gasteiger partial charge on any atom is 0.0488 e. The zero-order valence-electron chi connectivity index (χ0n) is 6.50. The molecular weight excluding hydrogens is 156 g/mol. The maximum absolute atomic E-state index is 5.26. The van der Waals surface area contributed by atoms with Gasteiger partial charge in [0.2, 0.25) is 0 Å². The van der Waals surface area contributed by atoms with Crippen molar-refractivity contribution < 1.29 is 0 Å². The van der Waals surface area contributed by atoms with Gasteiger partial charge in [0.25, 0.3) is 0 Å². The predicted molar refractivity (Wildman–Crippen MR) is 51.5 cm³/mol. The average Bonchev–Trinajstić information content (AvgIpc) is 2.06. The van der Waals surface area contributed by atoms with Gasteiger partial charge in [0.05, 0.1) is 0 Å². The van der Waals surface area contributed by atoms with Crippen LogP contribution < -0.4 is 11.3 Å². The van der Waals surface area contributed by atoms with Crippen LogP contribution >= 0.6 is 11.8 Å². The minimum atomic E-state index is 0.969. The topological polar surface area (TPSA) is 38.0 Å². The fourth-order valence-electron chi connectivity index (χ4n) is 0.918. The van der Waals surface area contributed by atoms with Crippen LogP contribution in [0.4, 0.5) is 5.69 Å². The Kier molecular flexibility index (Phi) is 3.26. The highest BCUT2D eigenvalue weighted by Crippen LogP contribution is 2.13. The number of benzene rings is 1. The molecule has 0 bridgehead atoms. The molecule has 0 unspecified atom stereocenters. The van der Waals surface area contributed by atoms with E-state index in [4.69, 9.17) is 5.84 Å². The summed E-state index contributed by atoms with van der Waals surface area (Å²) < 4.78 is 0. The lowest BCUT2D eigenvalue weighted by Crippen LogP contribution is -2.06. The first-order valence-electron chi connectivity index (χ1n) is 3.41. The van der Waals surface area contributed by atoms with E-state index in [9.17, 15) is 0 Å². The first kappa shape index (κ1) is 8.43. The number of anilines is 1. The maximum atomic E-state index is 5.26. The van der Waals surface area contributed by atoms with Gasteiger partial charge in [-0.2, -0.15) is 11.8 Å². The molecule has 2 nitrogen and oxygen atoms in total. The SMILES string of the molecule is CSCc1cccc(NN)c1. The Morgan fingerprint density at radius 1 is 1.55 bits per heavy atom. The van der Waals surface area contributed by atoms with Crippen LogP contribution in [0.5, 0.6) is 0 Å². The summed E-state index contributed by atoms with van der Waals surface area (Å²) >= 11 is 1.81. The molecule has 60 valence electrons. The van der Waals surface area contributed by atoms with E-state index in [0.717, 1.165) is 11.4 Å². The number of rotatable bonds is 3. The lowest BCUT2D eigenvalue weighted by molar-refractivity contribution is 1.32. The molecule has 0 fully saturated rings. The van der Waals surface area contributed by atoms with Gasteiger partial charge in [0.1, 0.15) is 0 Å². The van der Waals surface area contributed by atoms with Crippen LogP contribution in [0, 0.1) is 0 Å². The normalized spacial score (nSPS) is 9.64. The van der Waals surface area contributed by atoms with Crippen LogP contribution in [0.2, 0.25) is 0 Å². The zero-order valence-corrected chi connectivity index (χ0v) is 7.32. The standard InChI is InChI=1S/C8H12N2S/c1-11-6-7-3-2-4-8(5-7)10-9/h2-5,10H,6,9H2,1H3. The summed E-state index contributed by atoms with van der Waals surface area (Å²) in [6, 6.07) is 8.10. The van der Waals surface area contributed by atoms with Crippen molar-refractivity contribution in [2.75, 3.05) is 11.7 Å². The molecule has 0 heterocycles. The third-order valence-corrected chi connectivity index (χ3v) is 2.03. The smallest absolute Gasteiger partial charge is 0.0488 e. The highest BCUT2D eigenvalue weighted by molar-refractivity contribution is 7.97. The van der Waals surface area contributed by atoms with Gasteiger partial charge in [0.15, 0.2) is 0 Å². The lowest BCUT2D eigenvalue weighted by Gasteiger charge is -2.01. The van der Waals surface area contributed by atoms with Crippen molar-refractivity contribution in [3.63, 3.8) is 0 Å². The first-order chi connectivity index (χ1) is 5.36. The summed E-state index contributed by atoms with van der Waals surface area (Å²) in [5.74, 6) is 6.30. The number of thioether (sulfide) groups is 1. The molecule has 0 aliphatic carbocycles. The number of hydrogen-bond acceptors (Lipinski definition) is 3. The molecule has 3 heteroatoms. The average molecular weight is 168 g/mol. The van der Waals surface area contributed by atoms with Crippen LogP contribution in [-0.4, -0.2) is 6.26 Å². The van der Waals surface area contributed by atoms with Gasteiger partial charge < -0.3 is 5.43 Å². The predicted octanol–water partition coefficient (Wildman–Crippen LogP) is 1.84. The van der Waals surface area contributed by atoms with Crippen molar-refractivity contribution in [2.24, 2.45) is 5.84 Å². The molecule has 3 N–H and O–H groups in total. The van der Waals surface area contributed by atoms with Crippen LogP contribution in [0.15, 0.2) is 24.3 Å². The van der Waals surface area contributed by atoms with E-state index < -0.39 is 0 Å². The van der Waals surface area contributed by atoms with Crippen molar-refractivity contribution in [3.8, 4) is 0 Å². The number of hydrogen-bond donors (Lipinski definition) is 2. The quantitative estimate of drug-likeness (QED) is 0.534. The number of nitrogen functional groups attached to an aromatic ring is 1. The summed E-state index contributed by atoms with van der Waals surface area (Å²) in [4.78, 5) is 0. The Bertz CT molecular complexity index is 225. The van der Waals surface area contributed by atoms with Crippen LogP contribution in [0.3, 0.4) is 0 Å². The van der Waals surface area contributed by atoms with E-state index >= 15 is 0 Å². The summed E-state index contributed by atoms with van der Waals surface area (Å²) in [5.41, 5.74) is 4.88. The fraction of sp³-hybridized carbons (Fsp3) is 0.250. The van der Waals surface area contributed by atoms with E-state index in [1.165, 1.54) is 5.56 Å². The van der Waals surface area contributed by atoms with Gasteiger partial charge in [-0.05, 0) is 24.0 Å². The molecule has 0 saturated carbocycles. The Morgan fingerprint density at radius 2 is 2.36 bits per heavy atom. The third-order valence-electron chi connectivity index (χ3n) is 1.40. The van der Waals surface area contributed by atoms with E-state index in [1.807, 2.05) is 12.1 Å². The van der Waals surface area contributed by atoms with Gasteiger partial charge in [-0.25, -0.2) is 0 Å². The zero-order chi connectivity index (χ0) is 8.10. The molecule has 0 aliphatic rings. The lowest BCUT2D eigenvalue weighted by atomic mass is 10.2. The summed E-state index contributed by atoms with van der Waals surface area (Å²) in [6.07, 6.45) is 2.09. The molecule has 1 rings (SSSR count). The van der Waals surface area contributed by atoms with Crippen molar-refractivity contribution in [2.45, 2.75) is 5.75 Å². The Hall–Kier alpha value is -0.670. The molecule has 0 amide bonds. The summed E-state index contributed by atoms with van der Waals surface area (Å²) in [7, 11) is 0. The van der Waals surface area contributed by atoms with E-state index in [1.54, 1.807) is 11.8 Å².